The number of aldehydes is 1. The number of benzene rings is 1. The predicted octanol–water partition coefficient (Wildman–Crippen LogP) is 1.87. The first-order valence-corrected chi connectivity index (χ1v) is 6.44. The molecule has 0 saturated carbocycles. The van der Waals surface area contributed by atoms with E-state index in [0.717, 1.165) is 0 Å². The van der Waals surface area contributed by atoms with Crippen LogP contribution in [0.4, 0.5) is 18.9 Å². The van der Waals surface area contributed by atoms with Gasteiger partial charge in [-0.05, 0) is 18.2 Å². The topological polar surface area (TPSA) is 58.6 Å². The van der Waals surface area contributed by atoms with E-state index < -0.39 is 18.7 Å². The van der Waals surface area contributed by atoms with Gasteiger partial charge in [0.1, 0.15) is 6.61 Å². The summed E-state index contributed by atoms with van der Waals surface area (Å²) >= 11 is 0. The Kier molecular flexibility index (Phi) is 6.36. The van der Waals surface area contributed by atoms with Gasteiger partial charge in [0, 0.05) is 37.5 Å². The van der Waals surface area contributed by atoms with E-state index in [0.29, 0.717) is 17.5 Å². The molecule has 0 spiro atoms. The number of anilines is 1. The summed E-state index contributed by atoms with van der Waals surface area (Å²) in [6, 6.07) is 4.58. The van der Waals surface area contributed by atoms with Crippen LogP contribution in [-0.2, 0) is 4.74 Å². The van der Waals surface area contributed by atoms with Gasteiger partial charge in [0.05, 0.1) is 6.61 Å². The molecule has 122 valence electrons. The molecule has 1 rings (SSSR count). The fraction of sp³-hybridized carbons (Fsp3) is 0.429. The first kappa shape index (κ1) is 18.0. The standard InChI is InChI=1S/C14H17F3N2O3/c1-19(2)12-4-3-10(7-11(12)8-20)13(21)18-5-6-22-9-14(15,16)17/h3-4,7-8H,5-6,9H2,1-2H3,(H,18,21). The maximum atomic E-state index is 11.8. The van der Waals surface area contributed by atoms with Crippen LogP contribution in [0.1, 0.15) is 20.7 Å². The lowest BCUT2D eigenvalue weighted by Gasteiger charge is -2.15. The summed E-state index contributed by atoms with van der Waals surface area (Å²) in [6.45, 7) is -1.65. The van der Waals surface area contributed by atoms with Gasteiger partial charge in [-0.1, -0.05) is 0 Å². The van der Waals surface area contributed by atoms with Crippen LogP contribution in [0.15, 0.2) is 18.2 Å². The molecular weight excluding hydrogens is 301 g/mol. The Balaban J connectivity index is 2.54. The zero-order valence-electron chi connectivity index (χ0n) is 12.2. The van der Waals surface area contributed by atoms with Crippen LogP contribution < -0.4 is 10.2 Å². The highest BCUT2D eigenvalue weighted by atomic mass is 19.4. The van der Waals surface area contributed by atoms with Crippen LogP contribution in [0.25, 0.3) is 0 Å². The van der Waals surface area contributed by atoms with Crippen molar-refractivity contribution < 1.29 is 27.5 Å². The largest absolute Gasteiger partial charge is 0.411 e. The van der Waals surface area contributed by atoms with Crippen LogP contribution in [0, 0.1) is 0 Å². The highest BCUT2D eigenvalue weighted by molar-refractivity contribution is 5.97. The first-order valence-electron chi connectivity index (χ1n) is 6.44. The van der Waals surface area contributed by atoms with Crippen molar-refractivity contribution in [2.75, 3.05) is 38.8 Å². The van der Waals surface area contributed by atoms with Crippen molar-refractivity contribution in [3.05, 3.63) is 29.3 Å². The van der Waals surface area contributed by atoms with Crippen LogP contribution >= 0.6 is 0 Å². The van der Waals surface area contributed by atoms with Gasteiger partial charge in [-0.15, -0.1) is 0 Å². The lowest BCUT2D eigenvalue weighted by molar-refractivity contribution is -0.173. The third-order valence-corrected chi connectivity index (χ3v) is 2.70. The fourth-order valence-electron chi connectivity index (χ4n) is 1.72. The van der Waals surface area contributed by atoms with Gasteiger partial charge in [0.15, 0.2) is 6.29 Å². The van der Waals surface area contributed by atoms with E-state index in [-0.39, 0.29) is 18.7 Å². The molecule has 1 N–H and O–H groups in total. The van der Waals surface area contributed by atoms with E-state index in [1.807, 2.05) is 0 Å². The number of nitrogens with one attached hydrogen (secondary N) is 1. The maximum Gasteiger partial charge on any atom is 0.411 e. The van der Waals surface area contributed by atoms with Gasteiger partial charge in [0.25, 0.3) is 5.91 Å². The molecule has 0 saturated heterocycles. The predicted molar refractivity (Wildman–Crippen MR) is 75.4 cm³/mol. The Labute approximate surface area is 126 Å². The Morgan fingerprint density at radius 3 is 2.59 bits per heavy atom. The summed E-state index contributed by atoms with van der Waals surface area (Å²) in [5.74, 6) is -0.482. The molecular formula is C14H17F3N2O3. The smallest absolute Gasteiger partial charge is 0.377 e. The average Bonchev–Trinajstić information content (AvgIpc) is 2.44. The average molecular weight is 318 g/mol. The summed E-state index contributed by atoms with van der Waals surface area (Å²) in [6.07, 6.45) is -3.75. The van der Waals surface area contributed by atoms with Crippen LogP contribution in [0.2, 0.25) is 0 Å². The minimum Gasteiger partial charge on any atom is -0.377 e. The van der Waals surface area contributed by atoms with Gasteiger partial charge in [-0.2, -0.15) is 13.2 Å². The van der Waals surface area contributed by atoms with Crippen molar-refractivity contribution in [3.63, 3.8) is 0 Å². The number of halogens is 3. The van der Waals surface area contributed by atoms with Crippen LogP contribution in [-0.4, -0.2) is 52.2 Å². The van der Waals surface area contributed by atoms with Gasteiger partial charge >= 0.3 is 6.18 Å². The highest BCUT2D eigenvalue weighted by Gasteiger charge is 2.27. The van der Waals surface area contributed by atoms with Gasteiger partial charge in [0.2, 0.25) is 0 Å². The Morgan fingerprint density at radius 2 is 2.05 bits per heavy atom. The third kappa shape index (κ3) is 5.72. The highest BCUT2D eigenvalue weighted by Crippen LogP contribution is 2.18. The molecule has 0 bridgehead atoms. The minimum absolute atomic E-state index is 0.0548. The van der Waals surface area contributed by atoms with Gasteiger partial charge in [-0.3, -0.25) is 9.59 Å². The van der Waals surface area contributed by atoms with E-state index in [4.69, 9.17) is 0 Å². The second kappa shape index (κ2) is 7.79. The molecule has 1 aromatic carbocycles. The summed E-state index contributed by atoms with van der Waals surface area (Å²) in [5, 5.41) is 2.42. The van der Waals surface area contributed by atoms with Crippen molar-refractivity contribution in [1.82, 2.24) is 5.32 Å². The Hall–Kier alpha value is -2.09. The molecule has 0 aliphatic rings. The van der Waals surface area contributed by atoms with Crippen molar-refractivity contribution in [2.24, 2.45) is 0 Å². The maximum absolute atomic E-state index is 11.8. The zero-order valence-corrected chi connectivity index (χ0v) is 12.2. The lowest BCUT2D eigenvalue weighted by Crippen LogP contribution is -2.29. The molecule has 0 aliphatic heterocycles. The summed E-state index contributed by atoms with van der Waals surface area (Å²) in [5.41, 5.74) is 1.27. The number of carbonyl (C=O) groups is 2. The second-order valence-corrected chi connectivity index (χ2v) is 4.71. The molecule has 0 atom stereocenters. The molecule has 1 amide bonds. The number of hydrogen-bond acceptors (Lipinski definition) is 4. The summed E-state index contributed by atoms with van der Waals surface area (Å²) < 4.78 is 39.9. The summed E-state index contributed by atoms with van der Waals surface area (Å²) in [4.78, 5) is 24.6. The quantitative estimate of drug-likeness (QED) is 0.616. The van der Waals surface area contributed by atoms with Crippen molar-refractivity contribution in [2.45, 2.75) is 6.18 Å². The van der Waals surface area contributed by atoms with E-state index in [1.165, 1.54) is 12.1 Å². The van der Waals surface area contributed by atoms with E-state index in [2.05, 4.69) is 10.1 Å². The van der Waals surface area contributed by atoms with Crippen molar-refractivity contribution in [1.29, 1.82) is 0 Å². The third-order valence-electron chi connectivity index (χ3n) is 2.70. The van der Waals surface area contributed by atoms with Crippen LogP contribution in [0.3, 0.4) is 0 Å². The Bertz CT molecular complexity index is 531. The van der Waals surface area contributed by atoms with Crippen LogP contribution in [0.5, 0.6) is 0 Å². The number of hydrogen-bond donors (Lipinski definition) is 1. The number of ether oxygens (including phenoxy) is 1. The Morgan fingerprint density at radius 1 is 1.36 bits per heavy atom. The second-order valence-electron chi connectivity index (χ2n) is 4.71. The molecule has 5 nitrogen and oxygen atoms in total. The number of nitrogens with zero attached hydrogens (tertiary/aromatic N) is 1. The number of alkyl halides is 3. The molecule has 0 aliphatic carbocycles. The normalized spacial score (nSPS) is 11.1. The molecule has 0 heterocycles. The molecule has 22 heavy (non-hydrogen) atoms. The molecule has 0 aromatic heterocycles. The molecule has 0 fully saturated rings. The van der Waals surface area contributed by atoms with Gasteiger partial charge < -0.3 is 15.0 Å². The first-order chi connectivity index (χ1) is 10.2. The SMILES string of the molecule is CN(C)c1ccc(C(=O)NCCOCC(F)(F)F)cc1C=O. The van der Waals surface area contributed by atoms with E-state index >= 15 is 0 Å². The monoisotopic (exact) mass is 318 g/mol. The molecule has 1 aromatic rings. The lowest BCUT2D eigenvalue weighted by atomic mass is 10.1. The minimum atomic E-state index is -4.38. The van der Waals surface area contributed by atoms with Crippen molar-refractivity contribution in [3.8, 4) is 0 Å². The number of rotatable bonds is 7. The number of amides is 1. The zero-order chi connectivity index (χ0) is 16.8. The summed E-state index contributed by atoms with van der Waals surface area (Å²) in [7, 11) is 3.53. The van der Waals surface area contributed by atoms with Gasteiger partial charge in [-0.25, -0.2) is 0 Å². The number of carbonyl (C=O) groups excluding carboxylic acids is 2. The molecule has 0 unspecified atom stereocenters. The fourth-order valence-corrected chi connectivity index (χ4v) is 1.72. The van der Waals surface area contributed by atoms with E-state index in [9.17, 15) is 22.8 Å². The molecule has 8 heteroatoms. The van der Waals surface area contributed by atoms with Crippen molar-refractivity contribution >= 4 is 17.9 Å². The molecule has 0 radical (unpaired) electrons. The van der Waals surface area contributed by atoms with E-state index in [1.54, 1.807) is 25.1 Å².